The van der Waals surface area contributed by atoms with E-state index in [2.05, 4.69) is 27.4 Å². The van der Waals surface area contributed by atoms with E-state index in [0.29, 0.717) is 24.1 Å². The topological polar surface area (TPSA) is 88.6 Å². The lowest BCUT2D eigenvalue weighted by Crippen LogP contribution is -2.19. The van der Waals surface area contributed by atoms with Crippen LogP contribution < -0.4 is 14.9 Å². The summed E-state index contributed by atoms with van der Waals surface area (Å²) in [4.78, 5) is 19.7. The van der Waals surface area contributed by atoms with Gasteiger partial charge in [0.15, 0.2) is 16.7 Å². The predicted molar refractivity (Wildman–Crippen MR) is 125 cm³/mol. The Hall–Kier alpha value is -3.00. The van der Waals surface area contributed by atoms with Crippen LogP contribution in [0.1, 0.15) is 38.7 Å². The number of fused-ring (bicyclic) bond motifs is 1. The van der Waals surface area contributed by atoms with Crippen molar-refractivity contribution in [3.05, 3.63) is 48.0 Å². The lowest BCUT2D eigenvalue weighted by Gasteiger charge is -2.12. The first-order valence-electron chi connectivity index (χ1n) is 10.5. The van der Waals surface area contributed by atoms with Crippen molar-refractivity contribution >= 4 is 34.9 Å². The van der Waals surface area contributed by atoms with Crippen molar-refractivity contribution in [2.45, 2.75) is 38.3 Å². The van der Waals surface area contributed by atoms with Crippen LogP contribution in [0.2, 0.25) is 0 Å². The third kappa shape index (κ3) is 7.03. The number of aromatic amines is 1. The van der Waals surface area contributed by atoms with Crippen LogP contribution >= 0.6 is 11.8 Å². The monoisotopic (exact) mass is 440 g/mol. The third-order valence-electron chi connectivity index (χ3n) is 4.38. The van der Waals surface area contributed by atoms with Gasteiger partial charge < -0.3 is 14.5 Å². The molecule has 2 N–H and O–H groups in total. The van der Waals surface area contributed by atoms with E-state index in [1.807, 2.05) is 49.4 Å². The van der Waals surface area contributed by atoms with Gasteiger partial charge >= 0.3 is 0 Å². The molecular weight excluding hydrogens is 412 g/mol. The number of hydrogen-bond donors (Lipinski definition) is 2. The van der Waals surface area contributed by atoms with Crippen molar-refractivity contribution < 1.29 is 14.3 Å². The van der Waals surface area contributed by atoms with Gasteiger partial charge in [0.05, 0.1) is 36.2 Å². The quantitative estimate of drug-likeness (QED) is 0.183. The zero-order valence-corrected chi connectivity index (χ0v) is 18.7. The first-order chi connectivity index (χ1) is 15.2. The van der Waals surface area contributed by atoms with Crippen molar-refractivity contribution in [1.82, 2.24) is 15.4 Å². The standard InChI is InChI=1S/C23H28N4O3S/c1-3-5-8-13-30-20-12-11-17(14-21(20)29-4-2)15-24-27-22(28)16-31-23-25-18-9-6-7-10-19(18)26-23/h6-7,9-12,14-15H,3-5,8,13,16H2,1-2H3,(H,25,26)(H,27,28)/b24-15-. The number of ether oxygens (including phenoxy) is 2. The Kier molecular flexibility index (Phi) is 8.78. The summed E-state index contributed by atoms with van der Waals surface area (Å²) >= 11 is 1.33. The second-order valence-electron chi connectivity index (χ2n) is 6.84. The number of H-pyrrole nitrogens is 1. The molecule has 0 bridgehead atoms. The lowest BCUT2D eigenvalue weighted by atomic mass is 10.2. The SMILES string of the molecule is CCCCCOc1ccc(/C=N\NC(=O)CSc2nc3ccccc3[nH]2)cc1OCC. The van der Waals surface area contributed by atoms with E-state index in [0.717, 1.165) is 41.6 Å². The molecule has 0 aliphatic rings. The normalized spacial score (nSPS) is 11.2. The Balaban J connectivity index is 1.50. The molecule has 0 saturated heterocycles. The molecule has 0 aliphatic heterocycles. The number of hydrogen-bond acceptors (Lipinski definition) is 6. The van der Waals surface area contributed by atoms with Crippen LogP contribution in [-0.2, 0) is 4.79 Å². The first-order valence-corrected chi connectivity index (χ1v) is 11.5. The minimum atomic E-state index is -0.206. The number of carbonyl (C=O) groups excluding carboxylic acids is 1. The van der Waals surface area contributed by atoms with E-state index in [-0.39, 0.29) is 11.7 Å². The van der Waals surface area contributed by atoms with Crippen LogP contribution in [0.3, 0.4) is 0 Å². The van der Waals surface area contributed by atoms with Gasteiger partial charge in [-0.25, -0.2) is 10.4 Å². The lowest BCUT2D eigenvalue weighted by molar-refractivity contribution is -0.118. The van der Waals surface area contributed by atoms with Crippen molar-refractivity contribution in [2.75, 3.05) is 19.0 Å². The molecule has 0 atom stereocenters. The molecule has 3 rings (SSSR count). The molecular formula is C23H28N4O3S. The van der Waals surface area contributed by atoms with E-state index in [1.165, 1.54) is 11.8 Å². The number of nitrogens with one attached hydrogen (secondary N) is 2. The highest BCUT2D eigenvalue weighted by Gasteiger charge is 2.08. The highest BCUT2D eigenvalue weighted by atomic mass is 32.2. The number of amides is 1. The van der Waals surface area contributed by atoms with Gasteiger partial charge in [-0.2, -0.15) is 5.10 Å². The minimum Gasteiger partial charge on any atom is -0.490 e. The average Bonchev–Trinajstić information content (AvgIpc) is 3.20. The summed E-state index contributed by atoms with van der Waals surface area (Å²) in [6, 6.07) is 13.4. The molecule has 0 radical (unpaired) electrons. The maximum Gasteiger partial charge on any atom is 0.250 e. The summed E-state index contributed by atoms with van der Waals surface area (Å²) in [6.07, 6.45) is 4.90. The maximum absolute atomic E-state index is 12.1. The fraction of sp³-hybridized carbons (Fsp3) is 0.348. The molecule has 3 aromatic rings. The molecule has 1 aromatic heterocycles. The van der Waals surface area contributed by atoms with Crippen LogP contribution in [0.5, 0.6) is 11.5 Å². The van der Waals surface area contributed by atoms with Crippen molar-refractivity contribution in [3.8, 4) is 11.5 Å². The Morgan fingerprint density at radius 2 is 2.03 bits per heavy atom. The smallest absolute Gasteiger partial charge is 0.250 e. The second kappa shape index (κ2) is 12.0. The van der Waals surface area contributed by atoms with E-state index in [9.17, 15) is 4.79 Å². The molecule has 0 spiro atoms. The van der Waals surface area contributed by atoms with Gasteiger partial charge in [0.1, 0.15) is 0 Å². The Morgan fingerprint density at radius 3 is 2.84 bits per heavy atom. The number of nitrogens with zero attached hydrogens (tertiary/aromatic N) is 2. The highest BCUT2D eigenvalue weighted by Crippen LogP contribution is 2.28. The van der Waals surface area contributed by atoms with E-state index >= 15 is 0 Å². The van der Waals surface area contributed by atoms with Crippen LogP contribution in [0.15, 0.2) is 52.7 Å². The Bertz CT molecular complexity index is 986. The number of unbranched alkanes of at least 4 members (excludes halogenated alkanes) is 2. The van der Waals surface area contributed by atoms with E-state index < -0.39 is 0 Å². The van der Waals surface area contributed by atoms with Crippen LogP contribution in [0.25, 0.3) is 11.0 Å². The average molecular weight is 441 g/mol. The summed E-state index contributed by atoms with van der Waals surface area (Å²) in [5, 5.41) is 4.75. The molecule has 0 fully saturated rings. The predicted octanol–water partition coefficient (Wildman–Crippen LogP) is 4.77. The zero-order valence-electron chi connectivity index (χ0n) is 17.9. The van der Waals surface area contributed by atoms with E-state index in [4.69, 9.17) is 9.47 Å². The Labute approximate surface area is 186 Å². The van der Waals surface area contributed by atoms with Gasteiger partial charge in [-0.15, -0.1) is 0 Å². The molecule has 8 heteroatoms. The molecule has 1 heterocycles. The summed E-state index contributed by atoms with van der Waals surface area (Å²) in [7, 11) is 0. The van der Waals surface area contributed by atoms with Crippen LogP contribution in [0.4, 0.5) is 0 Å². The molecule has 1 amide bonds. The molecule has 2 aromatic carbocycles. The third-order valence-corrected chi connectivity index (χ3v) is 5.26. The van der Waals surface area contributed by atoms with Crippen molar-refractivity contribution in [1.29, 1.82) is 0 Å². The number of hydrazone groups is 1. The summed E-state index contributed by atoms with van der Waals surface area (Å²) < 4.78 is 11.5. The minimum absolute atomic E-state index is 0.206. The Morgan fingerprint density at radius 1 is 1.16 bits per heavy atom. The van der Waals surface area contributed by atoms with Crippen molar-refractivity contribution in [2.24, 2.45) is 5.10 Å². The fourth-order valence-electron chi connectivity index (χ4n) is 2.87. The van der Waals surface area contributed by atoms with Gasteiger partial charge in [-0.1, -0.05) is 43.7 Å². The highest BCUT2D eigenvalue weighted by molar-refractivity contribution is 7.99. The number of imidazole rings is 1. The summed E-state index contributed by atoms with van der Waals surface area (Å²) in [5.41, 5.74) is 5.19. The molecule has 31 heavy (non-hydrogen) atoms. The number of aromatic nitrogens is 2. The molecule has 0 saturated carbocycles. The van der Waals surface area contributed by atoms with Gasteiger partial charge in [-0.05, 0) is 49.2 Å². The molecule has 0 unspecified atom stereocenters. The molecule has 7 nitrogen and oxygen atoms in total. The first kappa shape index (κ1) is 22.7. The number of rotatable bonds is 12. The van der Waals surface area contributed by atoms with Crippen LogP contribution in [0, 0.1) is 0 Å². The number of thioether (sulfide) groups is 1. The summed E-state index contributed by atoms with van der Waals surface area (Å²) in [5.74, 6) is 1.41. The molecule has 164 valence electrons. The zero-order chi connectivity index (χ0) is 21.9. The van der Waals surface area contributed by atoms with Crippen LogP contribution in [-0.4, -0.2) is 41.1 Å². The fourth-order valence-corrected chi connectivity index (χ4v) is 3.55. The van der Waals surface area contributed by atoms with Gasteiger partial charge in [0.25, 0.3) is 5.91 Å². The number of para-hydroxylation sites is 2. The van der Waals surface area contributed by atoms with Gasteiger partial charge in [0, 0.05) is 0 Å². The number of carbonyl (C=O) groups is 1. The summed E-state index contributed by atoms with van der Waals surface area (Å²) in [6.45, 7) is 5.31. The maximum atomic E-state index is 12.1. The van der Waals surface area contributed by atoms with Gasteiger partial charge in [0.2, 0.25) is 0 Å². The van der Waals surface area contributed by atoms with Crippen molar-refractivity contribution in [3.63, 3.8) is 0 Å². The largest absolute Gasteiger partial charge is 0.490 e. The van der Waals surface area contributed by atoms with Gasteiger partial charge in [-0.3, -0.25) is 4.79 Å². The molecule has 0 aliphatic carbocycles. The second-order valence-corrected chi connectivity index (χ2v) is 7.80. The number of benzene rings is 2. The van der Waals surface area contributed by atoms with E-state index in [1.54, 1.807) is 6.21 Å².